The molecule has 2 atom stereocenters. The Kier molecular flexibility index (Phi) is 4.47. The Morgan fingerprint density at radius 1 is 1.26 bits per heavy atom. The van der Waals surface area contributed by atoms with Gasteiger partial charge in [-0.1, -0.05) is 12.1 Å². The van der Waals surface area contributed by atoms with Crippen LogP contribution in [0.3, 0.4) is 0 Å². The van der Waals surface area contributed by atoms with Gasteiger partial charge in [0.2, 0.25) is 0 Å². The fraction of sp³-hybridized carbons (Fsp3) is 0.571. The highest BCUT2D eigenvalue weighted by Crippen LogP contribution is 2.29. The minimum atomic E-state index is -4.31. The zero-order chi connectivity index (χ0) is 13.9. The molecule has 0 bridgehead atoms. The van der Waals surface area contributed by atoms with Crippen molar-refractivity contribution in [2.45, 2.75) is 44.1 Å². The normalized spacial score (nSPS) is 21.6. The molecular weight excluding hydrogens is 257 g/mol. The van der Waals surface area contributed by atoms with Crippen molar-refractivity contribution in [3.05, 3.63) is 35.4 Å². The van der Waals surface area contributed by atoms with Gasteiger partial charge < -0.3 is 9.84 Å². The molecule has 106 valence electrons. The Labute approximate surface area is 110 Å². The zero-order valence-corrected chi connectivity index (χ0v) is 10.5. The zero-order valence-electron chi connectivity index (χ0n) is 10.5. The summed E-state index contributed by atoms with van der Waals surface area (Å²) in [6.07, 6.45) is -1.93. The molecule has 0 spiro atoms. The minimum Gasteiger partial charge on any atom is -0.393 e. The van der Waals surface area contributed by atoms with Crippen molar-refractivity contribution in [3.8, 4) is 0 Å². The first-order valence-corrected chi connectivity index (χ1v) is 6.41. The van der Waals surface area contributed by atoms with E-state index in [4.69, 9.17) is 4.74 Å². The summed E-state index contributed by atoms with van der Waals surface area (Å²) in [5.41, 5.74) is 0.0448. The molecule has 19 heavy (non-hydrogen) atoms. The number of aliphatic hydroxyl groups excluding tert-OH is 1. The Balaban J connectivity index is 1.88. The molecule has 0 aliphatic carbocycles. The Hall–Kier alpha value is -1.07. The summed E-state index contributed by atoms with van der Waals surface area (Å²) in [4.78, 5) is 0. The standard InChI is InChI=1S/C14H17F3O2/c15-14(16,17)11-5-3-10(4-6-11)8-12(18)9-13-2-1-7-19-13/h3-6,12-13,18H,1-2,7-9H2. The first-order chi connectivity index (χ1) is 8.95. The number of benzene rings is 1. The summed E-state index contributed by atoms with van der Waals surface area (Å²) in [6, 6.07) is 4.94. The van der Waals surface area contributed by atoms with Crippen LogP contribution in [0.2, 0.25) is 0 Å². The maximum Gasteiger partial charge on any atom is 0.416 e. The summed E-state index contributed by atoms with van der Waals surface area (Å²) in [5.74, 6) is 0. The van der Waals surface area contributed by atoms with E-state index < -0.39 is 17.8 Å². The van der Waals surface area contributed by atoms with E-state index in [0.29, 0.717) is 18.4 Å². The fourth-order valence-corrected chi connectivity index (χ4v) is 2.32. The second kappa shape index (κ2) is 5.92. The molecule has 2 unspecified atom stereocenters. The number of ether oxygens (including phenoxy) is 1. The SMILES string of the molecule is OC(Cc1ccc(C(F)(F)F)cc1)CC1CCCO1. The first kappa shape index (κ1) is 14.3. The van der Waals surface area contributed by atoms with Crippen molar-refractivity contribution in [1.82, 2.24) is 0 Å². The molecular formula is C14H17F3O2. The summed E-state index contributed by atoms with van der Waals surface area (Å²) in [5, 5.41) is 9.89. The highest BCUT2D eigenvalue weighted by atomic mass is 19.4. The molecule has 1 aromatic rings. The Bertz CT molecular complexity index is 394. The number of halogens is 3. The third-order valence-corrected chi connectivity index (χ3v) is 3.31. The second-order valence-electron chi connectivity index (χ2n) is 4.92. The summed E-state index contributed by atoms with van der Waals surface area (Å²) < 4.78 is 42.6. The predicted molar refractivity (Wildman–Crippen MR) is 64.7 cm³/mol. The highest BCUT2D eigenvalue weighted by molar-refractivity contribution is 5.25. The van der Waals surface area contributed by atoms with E-state index in [0.717, 1.165) is 31.6 Å². The molecule has 1 saturated heterocycles. The van der Waals surface area contributed by atoms with Gasteiger partial charge in [0.1, 0.15) is 0 Å². The molecule has 0 radical (unpaired) electrons. The monoisotopic (exact) mass is 274 g/mol. The molecule has 2 rings (SSSR count). The van der Waals surface area contributed by atoms with Crippen LogP contribution in [0, 0.1) is 0 Å². The lowest BCUT2D eigenvalue weighted by Crippen LogP contribution is -2.19. The largest absolute Gasteiger partial charge is 0.416 e. The average Bonchev–Trinajstić information content (AvgIpc) is 2.81. The lowest BCUT2D eigenvalue weighted by atomic mass is 10.0. The Morgan fingerprint density at radius 3 is 2.47 bits per heavy atom. The van der Waals surface area contributed by atoms with Crippen LogP contribution >= 0.6 is 0 Å². The van der Waals surface area contributed by atoms with Crippen LogP contribution in [0.5, 0.6) is 0 Å². The van der Waals surface area contributed by atoms with Gasteiger partial charge >= 0.3 is 6.18 Å². The maximum absolute atomic E-state index is 12.4. The van der Waals surface area contributed by atoms with Gasteiger partial charge in [0.15, 0.2) is 0 Å². The van der Waals surface area contributed by atoms with Crippen LogP contribution in [-0.2, 0) is 17.3 Å². The van der Waals surface area contributed by atoms with Gasteiger partial charge in [-0.25, -0.2) is 0 Å². The van der Waals surface area contributed by atoms with Gasteiger partial charge in [0, 0.05) is 6.61 Å². The minimum absolute atomic E-state index is 0.0875. The molecule has 1 aliphatic heterocycles. The average molecular weight is 274 g/mol. The van der Waals surface area contributed by atoms with Crippen molar-refractivity contribution in [1.29, 1.82) is 0 Å². The fourth-order valence-electron chi connectivity index (χ4n) is 2.32. The summed E-state index contributed by atoms with van der Waals surface area (Å²) >= 11 is 0. The molecule has 1 N–H and O–H groups in total. The van der Waals surface area contributed by atoms with E-state index in [9.17, 15) is 18.3 Å². The van der Waals surface area contributed by atoms with Crippen LogP contribution in [0.4, 0.5) is 13.2 Å². The van der Waals surface area contributed by atoms with E-state index in [1.165, 1.54) is 12.1 Å². The molecule has 0 amide bonds. The van der Waals surface area contributed by atoms with Crippen LogP contribution in [-0.4, -0.2) is 23.9 Å². The second-order valence-corrected chi connectivity index (χ2v) is 4.92. The number of alkyl halides is 3. The molecule has 1 aliphatic rings. The smallest absolute Gasteiger partial charge is 0.393 e. The van der Waals surface area contributed by atoms with Crippen molar-refractivity contribution in [2.75, 3.05) is 6.61 Å². The van der Waals surface area contributed by atoms with E-state index in [2.05, 4.69) is 0 Å². The summed E-state index contributed by atoms with van der Waals surface area (Å²) in [6.45, 7) is 0.734. The maximum atomic E-state index is 12.4. The van der Waals surface area contributed by atoms with Gasteiger partial charge in [-0.15, -0.1) is 0 Å². The molecule has 5 heteroatoms. The van der Waals surface area contributed by atoms with Crippen LogP contribution in [0.1, 0.15) is 30.4 Å². The van der Waals surface area contributed by atoms with Crippen molar-refractivity contribution < 1.29 is 23.0 Å². The van der Waals surface area contributed by atoms with Gasteiger partial charge in [-0.2, -0.15) is 13.2 Å². The van der Waals surface area contributed by atoms with Gasteiger partial charge in [0.05, 0.1) is 17.8 Å². The first-order valence-electron chi connectivity index (χ1n) is 6.41. The molecule has 1 aromatic carbocycles. The van der Waals surface area contributed by atoms with Crippen LogP contribution in [0.15, 0.2) is 24.3 Å². The van der Waals surface area contributed by atoms with Crippen LogP contribution in [0.25, 0.3) is 0 Å². The van der Waals surface area contributed by atoms with E-state index in [1.54, 1.807) is 0 Å². The molecule has 0 saturated carbocycles. The number of rotatable bonds is 4. The number of aliphatic hydroxyl groups is 1. The topological polar surface area (TPSA) is 29.5 Å². The van der Waals surface area contributed by atoms with E-state index in [1.807, 2.05) is 0 Å². The molecule has 1 fully saturated rings. The highest BCUT2D eigenvalue weighted by Gasteiger charge is 2.30. The molecule has 1 heterocycles. The van der Waals surface area contributed by atoms with Gasteiger partial charge in [-0.05, 0) is 43.4 Å². The molecule has 0 aromatic heterocycles. The number of hydrogen-bond acceptors (Lipinski definition) is 2. The Morgan fingerprint density at radius 2 is 1.95 bits per heavy atom. The quantitative estimate of drug-likeness (QED) is 0.913. The molecule has 2 nitrogen and oxygen atoms in total. The lowest BCUT2D eigenvalue weighted by Gasteiger charge is -2.15. The van der Waals surface area contributed by atoms with Crippen molar-refractivity contribution >= 4 is 0 Å². The van der Waals surface area contributed by atoms with Gasteiger partial charge in [0.25, 0.3) is 0 Å². The van der Waals surface area contributed by atoms with Gasteiger partial charge in [-0.3, -0.25) is 0 Å². The summed E-state index contributed by atoms with van der Waals surface area (Å²) in [7, 11) is 0. The predicted octanol–water partition coefficient (Wildman–Crippen LogP) is 3.18. The van der Waals surface area contributed by atoms with Crippen molar-refractivity contribution in [3.63, 3.8) is 0 Å². The third kappa shape index (κ3) is 4.21. The van der Waals surface area contributed by atoms with E-state index >= 15 is 0 Å². The van der Waals surface area contributed by atoms with Crippen molar-refractivity contribution in [2.24, 2.45) is 0 Å². The van der Waals surface area contributed by atoms with E-state index in [-0.39, 0.29) is 6.10 Å². The third-order valence-electron chi connectivity index (χ3n) is 3.31. The van der Waals surface area contributed by atoms with Crippen LogP contribution < -0.4 is 0 Å². The lowest BCUT2D eigenvalue weighted by molar-refractivity contribution is -0.137. The number of hydrogen-bond donors (Lipinski definition) is 1.